The molecule has 0 radical (unpaired) electrons. The highest BCUT2D eigenvalue weighted by molar-refractivity contribution is 7.89. The molecule has 0 fully saturated rings. The Morgan fingerprint density at radius 2 is 1.61 bits per heavy atom. The molecule has 4 rings (SSSR count). The highest BCUT2D eigenvalue weighted by Crippen LogP contribution is 2.32. The van der Waals surface area contributed by atoms with E-state index in [4.69, 9.17) is 25.6 Å². The number of halogens is 3. The Morgan fingerprint density at radius 3 is 2.16 bits per heavy atom. The van der Waals surface area contributed by atoms with E-state index in [1.165, 1.54) is 6.07 Å². The molecule has 44 heavy (non-hydrogen) atoms. The number of hydrazone groups is 1. The van der Waals surface area contributed by atoms with E-state index in [1.54, 1.807) is 31.5 Å². The van der Waals surface area contributed by atoms with Crippen LogP contribution in [-0.2, 0) is 26.1 Å². The summed E-state index contributed by atoms with van der Waals surface area (Å²) in [7, 11) is -3.90. The average Bonchev–Trinajstić information content (AvgIpc) is 3.36. The van der Waals surface area contributed by atoms with Crippen molar-refractivity contribution in [3.63, 3.8) is 0 Å². The highest BCUT2D eigenvalue weighted by Gasteiger charge is 2.38. The van der Waals surface area contributed by atoms with Crippen molar-refractivity contribution in [3.8, 4) is 22.3 Å². The minimum atomic E-state index is -5.08. The Labute approximate surface area is 251 Å². The van der Waals surface area contributed by atoms with Crippen LogP contribution in [0.1, 0.15) is 34.0 Å². The first kappa shape index (κ1) is 33.6. The number of carboxylic acids is 1. The lowest BCUT2D eigenvalue weighted by Crippen LogP contribution is -2.21. The zero-order valence-corrected chi connectivity index (χ0v) is 24.4. The van der Waals surface area contributed by atoms with Gasteiger partial charge < -0.3 is 20.3 Å². The quantitative estimate of drug-likeness (QED) is 0.107. The second-order valence-electron chi connectivity index (χ2n) is 9.43. The molecule has 1 heterocycles. The number of primary sulfonamides is 1. The molecule has 14 heteroatoms. The van der Waals surface area contributed by atoms with E-state index in [-0.39, 0.29) is 11.5 Å². The molecule has 0 aliphatic carbocycles. The van der Waals surface area contributed by atoms with Crippen molar-refractivity contribution in [2.75, 3.05) is 6.61 Å². The van der Waals surface area contributed by atoms with Crippen molar-refractivity contribution in [3.05, 3.63) is 101 Å². The maximum atomic E-state index is 12.8. The number of aromatic nitrogens is 1. The molecule has 0 spiro atoms. The third-order valence-corrected chi connectivity index (χ3v) is 7.08. The van der Waals surface area contributed by atoms with Crippen LogP contribution in [-0.4, -0.2) is 49.0 Å². The summed E-state index contributed by atoms with van der Waals surface area (Å²) in [6, 6.07) is 20.1. The molecule has 0 aliphatic heterocycles. The standard InChI is InChI=1S/C28H28N4O4S.C2HF3O2/c1-3-36-28(33)26-18-32(16-21-6-4-5-20(14-21)15-31-29)17-25(26)23-10-8-22(9-11-23)24-13-19(2)7-12-27(24)37(30,34)35;3-2(4,5)1(6)7/h4-15,17-18H,3,16,29H2,1-2H3,(H2,30,34,35);(H,6,7)/b31-15-;. The minimum Gasteiger partial charge on any atom is -0.475 e. The van der Waals surface area contributed by atoms with Crippen LogP contribution in [0.2, 0.25) is 0 Å². The lowest BCUT2D eigenvalue weighted by molar-refractivity contribution is -0.192. The monoisotopic (exact) mass is 630 g/mol. The largest absolute Gasteiger partial charge is 0.490 e. The number of hydrogen-bond acceptors (Lipinski definition) is 7. The van der Waals surface area contributed by atoms with Gasteiger partial charge in [-0.3, -0.25) is 0 Å². The van der Waals surface area contributed by atoms with Gasteiger partial charge in [-0.2, -0.15) is 18.3 Å². The van der Waals surface area contributed by atoms with Crippen LogP contribution >= 0.6 is 0 Å². The Kier molecular flexibility index (Phi) is 10.7. The molecule has 5 N–H and O–H groups in total. The lowest BCUT2D eigenvalue weighted by atomic mass is 9.99. The maximum Gasteiger partial charge on any atom is 0.490 e. The van der Waals surface area contributed by atoms with Gasteiger partial charge in [-0.25, -0.2) is 23.1 Å². The Bertz CT molecular complexity index is 1780. The van der Waals surface area contributed by atoms with Gasteiger partial charge in [0.1, 0.15) is 0 Å². The number of sulfonamides is 1. The van der Waals surface area contributed by atoms with E-state index < -0.39 is 28.1 Å². The van der Waals surface area contributed by atoms with E-state index >= 15 is 0 Å². The summed E-state index contributed by atoms with van der Waals surface area (Å²) >= 11 is 0. The van der Waals surface area contributed by atoms with Crippen LogP contribution < -0.4 is 11.0 Å². The number of nitrogens with zero attached hydrogens (tertiary/aromatic N) is 2. The van der Waals surface area contributed by atoms with Crippen LogP contribution in [0, 0.1) is 6.92 Å². The van der Waals surface area contributed by atoms with E-state index in [0.29, 0.717) is 28.8 Å². The van der Waals surface area contributed by atoms with Crippen LogP contribution in [0.3, 0.4) is 0 Å². The van der Waals surface area contributed by atoms with E-state index in [9.17, 15) is 26.4 Å². The lowest BCUT2D eigenvalue weighted by Gasteiger charge is -2.10. The molecule has 232 valence electrons. The number of carbonyl (C=O) groups is 2. The number of hydrogen-bond donors (Lipinski definition) is 3. The first-order chi connectivity index (χ1) is 20.6. The molecule has 0 aliphatic rings. The fourth-order valence-electron chi connectivity index (χ4n) is 4.22. The van der Waals surface area contributed by atoms with Gasteiger partial charge in [-0.1, -0.05) is 60.2 Å². The number of benzene rings is 3. The molecule has 4 aromatic rings. The molecule has 1 aromatic heterocycles. The van der Waals surface area contributed by atoms with Crippen molar-refractivity contribution >= 4 is 28.2 Å². The molecule has 0 amide bonds. The summed E-state index contributed by atoms with van der Waals surface area (Å²) in [4.78, 5) is 21.7. The molecule has 0 bridgehead atoms. The van der Waals surface area contributed by atoms with Crippen molar-refractivity contribution in [1.29, 1.82) is 0 Å². The molecule has 10 nitrogen and oxygen atoms in total. The summed E-state index contributed by atoms with van der Waals surface area (Å²) in [5.74, 6) is 2.10. The first-order valence-electron chi connectivity index (χ1n) is 12.9. The van der Waals surface area contributed by atoms with Crippen molar-refractivity contribution in [2.45, 2.75) is 31.5 Å². The number of aryl methyl sites for hydroxylation is 1. The predicted molar refractivity (Wildman–Crippen MR) is 158 cm³/mol. The van der Waals surface area contributed by atoms with Gasteiger partial charge in [0.2, 0.25) is 10.0 Å². The van der Waals surface area contributed by atoms with E-state index in [1.807, 2.05) is 66.2 Å². The van der Waals surface area contributed by atoms with Crippen LogP contribution in [0.15, 0.2) is 89.1 Å². The first-order valence-corrected chi connectivity index (χ1v) is 14.4. The van der Waals surface area contributed by atoms with Crippen molar-refractivity contribution in [1.82, 2.24) is 4.57 Å². The third kappa shape index (κ3) is 8.78. The smallest absolute Gasteiger partial charge is 0.475 e. The number of aliphatic carboxylic acids is 1. The van der Waals surface area contributed by atoms with Gasteiger partial charge in [0.25, 0.3) is 0 Å². The van der Waals surface area contributed by atoms with Gasteiger partial charge in [0, 0.05) is 30.1 Å². The van der Waals surface area contributed by atoms with Crippen LogP contribution in [0.4, 0.5) is 13.2 Å². The summed E-state index contributed by atoms with van der Waals surface area (Å²) in [6.07, 6.45) is 0.156. The zero-order chi connectivity index (χ0) is 32.7. The molecule has 0 atom stereocenters. The van der Waals surface area contributed by atoms with Gasteiger partial charge in [-0.15, -0.1) is 0 Å². The van der Waals surface area contributed by atoms with Crippen LogP contribution in [0.5, 0.6) is 0 Å². The number of carbonyl (C=O) groups excluding carboxylic acids is 1. The minimum absolute atomic E-state index is 0.0612. The second-order valence-corrected chi connectivity index (χ2v) is 11.0. The number of rotatable bonds is 8. The summed E-state index contributed by atoms with van der Waals surface area (Å²) in [5.41, 5.74) is 5.97. The molecule has 0 saturated carbocycles. The van der Waals surface area contributed by atoms with Gasteiger partial charge in [0.15, 0.2) is 0 Å². The fraction of sp³-hybridized carbons (Fsp3) is 0.167. The predicted octanol–water partition coefficient (Wildman–Crippen LogP) is 4.93. The molecular weight excluding hydrogens is 601 g/mol. The Hall–Kier alpha value is -4.95. The SMILES string of the molecule is CCOC(=O)c1cn(Cc2cccc(/C=N\N)c2)cc1-c1ccc(-c2cc(C)ccc2S(N)(=O)=O)cc1.O=C(O)C(F)(F)F. The van der Waals surface area contributed by atoms with Gasteiger partial charge in [0.05, 0.1) is 23.3 Å². The number of nitrogens with two attached hydrogens (primary N) is 2. The molecular formula is C30H29F3N4O6S. The summed E-state index contributed by atoms with van der Waals surface area (Å²) < 4.78 is 63.2. The Balaban J connectivity index is 0.000000676. The normalized spacial score (nSPS) is 11.6. The maximum absolute atomic E-state index is 12.8. The number of alkyl halides is 3. The van der Waals surface area contributed by atoms with Crippen molar-refractivity contribution < 1.29 is 41.0 Å². The highest BCUT2D eigenvalue weighted by atomic mass is 32.2. The summed E-state index contributed by atoms with van der Waals surface area (Å²) in [5, 5.41) is 16.1. The number of carboxylic acid groups (broad SMARTS) is 1. The van der Waals surface area contributed by atoms with E-state index in [0.717, 1.165) is 22.3 Å². The van der Waals surface area contributed by atoms with Crippen LogP contribution in [0.25, 0.3) is 22.3 Å². The second kappa shape index (κ2) is 14.0. The topological polar surface area (TPSA) is 167 Å². The van der Waals surface area contributed by atoms with Gasteiger partial charge >= 0.3 is 18.1 Å². The zero-order valence-electron chi connectivity index (χ0n) is 23.6. The third-order valence-electron chi connectivity index (χ3n) is 6.11. The number of ether oxygens (including phenoxy) is 1. The fourth-order valence-corrected chi connectivity index (χ4v) is 4.96. The number of esters is 1. The van der Waals surface area contributed by atoms with E-state index in [2.05, 4.69) is 5.10 Å². The molecule has 0 saturated heterocycles. The Morgan fingerprint density at radius 1 is 1.00 bits per heavy atom. The molecule has 3 aromatic carbocycles. The van der Waals surface area contributed by atoms with Gasteiger partial charge in [-0.05, 0) is 48.2 Å². The average molecular weight is 631 g/mol. The van der Waals surface area contributed by atoms with Crippen molar-refractivity contribution in [2.24, 2.45) is 16.1 Å². The summed E-state index contributed by atoms with van der Waals surface area (Å²) in [6.45, 7) is 4.43. The molecule has 0 unspecified atom stereocenters.